The number of thiophene rings is 1. The monoisotopic (exact) mass is 262 g/mol. The highest BCUT2D eigenvalue weighted by molar-refractivity contribution is 7.14. The molecule has 2 amide bonds. The molecule has 2 rings (SSSR count). The molecule has 3 N–H and O–H groups in total. The number of aromatic carboxylic acids is 1. The second-order valence-electron chi connectivity index (χ2n) is 3.41. The van der Waals surface area contributed by atoms with Crippen molar-refractivity contribution in [1.29, 1.82) is 0 Å². The summed E-state index contributed by atoms with van der Waals surface area (Å²) in [7, 11) is 0. The Morgan fingerprint density at radius 2 is 1.83 bits per heavy atom. The van der Waals surface area contributed by atoms with Gasteiger partial charge in [-0.25, -0.2) is 9.59 Å². The van der Waals surface area contributed by atoms with Crippen LogP contribution in [0, 0.1) is 0 Å². The highest BCUT2D eigenvalue weighted by atomic mass is 32.1. The third-order valence-corrected chi connectivity index (χ3v) is 2.95. The zero-order chi connectivity index (χ0) is 13.0. The van der Waals surface area contributed by atoms with E-state index >= 15 is 0 Å². The van der Waals surface area contributed by atoms with Crippen molar-refractivity contribution in [2.75, 3.05) is 10.6 Å². The molecular weight excluding hydrogens is 252 g/mol. The smallest absolute Gasteiger partial charge is 0.337 e. The van der Waals surface area contributed by atoms with Gasteiger partial charge in [-0.1, -0.05) is 12.1 Å². The van der Waals surface area contributed by atoms with E-state index in [9.17, 15) is 9.59 Å². The largest absolute Gasteiger partial charge is 0.478 e. The number of amides is 2. The second kappa shape index (κ2) is 5.33. The van der Waals surface area contributed by atoms with E-state index in [-0.39, 0.29) is 11.3 Å². The fourth-order valence-corrected chi connectivity index (χ4v) is 2.01. The van der Waals surface area contributed by atoms with Gasteiger partial charge in [0.15, 0.2) is 0 Å². The minimum atomic E-state index is -1.08. The van der Waals surface area contributed by atoms with Gasteiger partial charge in [0.1, 0.15) is 0 Å². The van der Waals surface area contributed by atoms with Gasteiger partial charge in [-0.15, -0.1) is 11.3 Å². The molecule has 0 aliphatic carbocycles. The predicted molar refractivity (Wildman–Crippen MR) is 70.4 cm³/mol. The molecule has 0 aliphatic rings. The SMILES string of the molecule is O=C(Nc1cccs1)Nc1ccccc1C(=O)O. The minimum Gasteiger partial charge on any atom is -0.478 e. The molecule has 2 aromatic rings. The Morgan fingerprint density at radius 3 is 2.50 bits per heavy atom. The van der Waals surface area contributed by atoms with Crippen LogP contribution in [0.2, 0.25) is 0 Å². The normalized spacial score (nSPS) is 9.78. The molecule has 5 nitrogen and oxygen atoms in total. The first-order valence-electron chi connectivity index (χ1n) is 5.10. The summed E-state index contributed by atoms with van der Waals surface area (Å²) >= 11 is 1.38. The number of para-hydroxylation sites is 1. The van der Waals surface area contributed by atoms with Crippen molar-refractivity contribution >= 4 is 34.0 Å². The van der Waals surface area contributed by atoms with E-state index in [1.165, 1.54) is 23.5 Å². The van der Waals surface area contributed by atoms with Gasteiger partial charge in [0.2, 0.25) is 0 Å². The first-order chi connectivity index (χ1) is 8.66. The maximum atomic E-state index is 11.6. The van der Waals surface area contributed by atoms with Crippen molar-refractivity contribution in [3.05, 3.63) is 47.3 Å². The van der Waals surface area contributed by atoms with Gasteiger partial charge in [-0.05, 0) is 29.6 Å². The lowest BCUT2D eigenvalue weighted by atomic mass is 10.2. The summed E-state index contributed by atoms with van der Waals surface area (Å²) in [5.74, 6) is -1.08. The molecule has 0 bridgehead atoms. The van der Waals surface area contributed by atoms with Gasteiger partial charge in [0.05, 0.1) is 16.3 Å². The number of carboxylic acids is 1. The number of nitrogens with one attached hydrogen (secondary N) is 2. The first-order valence-corrected chi connectivity index (χ1v) is 5.98. The number of carbonyl (C=O) groups excluding carboxylic acids is 1. The lowest BCUT2D eigenvalue weighted by Gasteiger charge is -2.08. The highest BCUT2D eigenvalue weighted by Gasteiger charge is 2.11. The Bertz CT molecular complexity index is 566. The first kappa shape index (κ1) is 12.1. The molecule has 0 fully saturated rings. The van der Waals surface area contributed by atoms with E-state index in [1.54, 1.807) is 18.2 Å². The molecule has 6 heteroatoms. The van der Waals surface area contributed by atoms with Gasteiger partial charge in [-0.3, -0.25) is 5.32 Å². The molecule has 0 radical (unpaired) electrons. The zero-order valence-corrected chi connectivity index (χ0v) is 10.0. The van der Waals surface area contributed by atoms with Crippen molar-refractivity contribution in [2.45, 2.75) is 0 Å². The Kier molecular flexibility index (Phi) is 3.59. The molecule has 92 valence electrons. The van der Waals surface area contributed by atoms with Crippen molar-refractivity contribution in [1.82, 2.24) is 0 Å². The van der Waals surface area contributed by atoms with E-state index in [1.807, 2.05) is 11.4 Å². The lowest BCUT2D eigenvalue weighted by molar-refractivity contribution is 0.0698. The van der Waals surface area contributed by atoms with Gasteiger partial charge >= 0.3 is 12.0 Å². The van der Waals surface area contributed by atoms with E-state index < -0.39 is 12.0 Å². The number of carboxylic acid groups (broad SMARTS) is 1. The Hall–Kier alpha value is -2.34. The molecule has 1 aromatic carbocycles. The Labute approximate surface area is 107 Å². The number of rotatable bonds is 3. The van der Waals surface area contributed by atoms with Crippen molar-refractivity contribution in [3.63, 3.8) is 0 Å². The third kappa shape index (κ3) is 2.86. The summed E-state index contributed by atoms with van der Waals surface area (Å²) in [4.78, 5) is 22.6. The Morgan fingerprint density at radius 1 is 1.06 bits per heavy atom. The topological polar surface area (TPSA) is 78.4 Å². The average molecular weight is 262 g/mol. The van der Waals surface area contributed by atoms with Crippen LogP contribution in [-0.4, -0.2) is 17.1 Å². The molecule has 0 unspecified atom stereocenters. The second-order valence-corrected chi connectivity index (χ2v) is 4.35. The van der Waals surface area contributed by atoms with Gasteiger partial charge < -0.3 is 10.4 Å². The fraction of sp³-hybridized carbons (Fsp3) is 0. The fourth-order valence-electron chi connectivity index (χ4n) is 1.39. The predicted octanol–water partition coefficient (Wildman–Crippen LogP) is 3.09. The van der Waals surface area contributed by atoms with E-state index in [0.29, 0.717) is 5.00 Å². The maximum Gasteiger partial charge on any atom is 0.337 e. The molecule has 0 saturated carbocycles. The molecule has 0 saturated heterocycles. The third-order valence-electron chi connectivity index (χ3n) is 2.16. The van der Waals surface area contributed by atoms with Gasteiger partial charge in [0.25, 0.3) is 0 Å². The van der Waals surface area contributed by atoms with Crippen molar-refractivity contribution < 1.29 is 14.7 Å². The Balaban J connectivity index is 2.09. The van der Waals surface area contributed by atoms with Crippen LogP contribution in [0.4, 0.5) is 15.5 Å². The minimum absolute atomic E-state index is 0.0545. The summed E-state index contributed by atoms with van der Waals surface area (Å²) in [6, 6.07) is 9.34. The number of urea groups is 1. The molecule has 0 atom stereocenters. The summed E-state index contributed by atoms with van der Waals surface area (Å²) in [5, 5.41) is 16.6. The molecule has 1 heterocycles. The number of anilines is 2. The number of hydrogen-bond donors (Lipinski definition) is 3. The molecule has 0 spiro atoms. The summed E-state index contributed by atoms with van der Waals surface area (Å²) in [5.41, 5.74) is 0.317. The van der Waals surface area contributed by atoms with Crippen LogP contribution in [0.5, 0.6) is 0 Å². The molecule has 18 heavy (non-hydrogen) atoms. The van der Waals surface area contributed by atoms with Crippen LogP contribution < -0.4 is 10.6 Å². The number of benzene rings is 1. The zero-order valence-electron chi connectivity index (χ0n) is 9.21. The molecule has 1 aromatic heterocycles. The van der Waals surface area contributed by atoms with Crippen LogP contribution in [0.3, 0.4) is 0 Å². The van der Waals surface area contributed by atoms with Crippen LogP contribution in [0.25, 0.3) is 0 Å². The number of hydrogen-bond acceptors (Lipinski definition) is 3. The lowest BCUT2D eigenvalue weighted by Crippen LogP contribution is -2.20. The van der Waals surface area contributed by atoms with Crippen LogP contribution >= 0.6 is 11.3 Å². The molecule has 0 aliphatic heterocycles. The van der Waals surface area contributed by atoms with E-state index in [0.717, 1.165) is 0 Å². The van der Waals surface area contributed by atoms with Crippen molar-refractivity contribution in [3.8, 4) is 0 Å². The quantitative estimate of drug-likeness (QED) is 0.795. The number of carbonyl (C=O) groups is 2. The summed E-state index contributed by atoms with van der Waals surface area (Å²) < 4.78 is 0. The van der Waals surface area contributed by atoms with Crippen LogP contribution in [0.1, 0.15) is 10.4 Å². The molecular formula is C12H10N2O3S. The summed E-state index contributed by atoms with van der Waals surface area (Å²) in [6.45, 7) is 0. The highest BCUT2D eigenvalue weighted by Crippen LogP contribution is 2.17. The van der Waals surface area contributed by atoms with E-state index in [2.05, 4.69) is 10.6 Å². The van der Waals surface area contributed by atoms with Gasteiger partial charge in [-0.2, -0.15) is 0 Å². The average Bonchev–Trinajstić information content (AvgIpc) is 2.82. The standard InChI is InChI=1S/C12H10N2O3S/c15-11(16)8-4-1-2-5-9(8)13-12(17)14-10-6-3-7-18-10/h1-7H,(H,15,16)(H2,13,14,17). The van der Waals surface area contributed by atoms with Gasteiger partial charge in [0, 0.05) is 0 Å². The summed E-state index contributed by atoms with van der Waals surface area (Å²) in [6.07, 6.45) is 0. The van der Waals surface area contributed by atoms with Crippen LogP contribution in [-0.2, 0) is 0 Å². The maximum absolute atomic E-state index is 11.6. The van der Waals surface area contributed by atoms with E-state index in [4.69, 9.17) is 5.11 Å². The van der Waals surface area contributed by atoms with Crippen LogP contribution in [0.15, 0.2) is 41.8 Å². The van der Waals surface area contributed by atoms with Crippen molar-refractivity contribution in [2.24, 2.45) is 0 Å².